The van der Waals surface area contributed by atoms with Gasteiger partial charge in [-0.3, -0.25) is 0 Å². The Morgan fingerprint density at radius 1 is 1.38 bits per heavy atom. The van der Waals surface area contributed by atoms with Crippen molar-refractivity contribution in [3.63, 3.8) is 0 Å². The molecule has 0 saturated carbocycles. The Morgan fingerprint density at radius 2 is 2.08 bits per heavy atom. The molecule has 1 aromatic heterocycles. The van der Waals surface area contributed by atoms with Crippen LogP contribution in [0.15, 0.2) is 16.5 Å². The Balaban J connectivity index is 2.49. The van der Waals surface area contributed by atoms with Gasteiger partial charge in [-0.25, -0.2) is 0 Å². The molecular weight excluding hydrogens is 164 g/mol. The lowest BCUT2D eigenvalue weighted by Gasteiger charge is -2.05. The number of furan rings is 1. The Kier molecular flexibility index (Phi) is 3.53. The molecule has 0 unspecified atom stereocenters. The van der Waals surface area contributed by atoms with E-state index >= 15 is 0 Å². The molecule has 0 saturated heterocycles. The molecular formula is C10H14N2O. The monoisotopic (exact) mass is 178 g/mol. The Labute approximate surface area is 78.6 Å². The van der Waals surface area contributed by atoms with Crippen molar-refractivity contribution >= 4 is 0 Å². The van der Waals surface area contributed by atoms with E-state index < -0.39 is 0 Å². The van der Waals surface area contributed by atoms with Gasteiger partial charge in [0, 0.05) is 12.8 Å². The average molecular weight is 178 g/mol. The fraction of sp³-hybridized carbons (Fsp3) is 0.500. The van der Waals surface area contributed by atoms with E-state index in [1.165, 1.54) is 0 Å². The van der Waals surface area contributed by atoms with Crippen LogP contribution >= 0.6 is 0 Å². The van der Waals surface area contributed by atoms with Gasteiger partial charge in [0.15, 0.2) is 0 Å². The lowest BCUT2D eigenvalue weighted by atomic mass is 10.3. The second-order valence-electron chi connectivity index (χ2n) is 3.26. The minimum atomic E-state index is 0.523. The van der Waals surface area contributed by atoms with Gasteiger partial charge >= 0.3 is 0 Å². The maximum Gasteiger partial charge on any atom is 0.118 e. The van der Waals surface area contributed by atoms with Crippen molar-refractivity contribution in [2.75, 3.05) is 14.1 Å². The van der Waals surface area contributed by atoms with E-state index in [0.717, 1.165) is 18.1 Å². The van der Waals surface area contributed by atoms with E-state index in [-0.39, 0.29) is 0 Å². The normalized spacial score (nSPS) is 10.3. The number of hydrogen-bond donors (Lipinski definition) is 0. The average Bonchev–Trinajstić information content (AvgIpc) is 2.48. The third kappa shape index (κ3) is 3.30. The molecule has 1 rings (SSSR count). The van der Waals surface area contributed by atoms with Crippen LogP contribution in [0.3, 0.4) is 0 Å². The van der Waals surface area contributed by atoms with E-state index in [1.54, 1.807) is 0 Å². The quantitative estimate of drug-likeness (QED) is 0.705. The highest BCUT2D eigenvalue weighted by molar-refractivity contribution is 5.07. The van der Waals surface area contributed by atoms with Gasteiger partial charge in [-0.2, -0.15) is 5.26 Å². The molecule has 0 atom stereocenters. The van der Waals surface area contributed by atoms with Crippen molar-refractivity contribution in [3.05, 3.63) is 23.7 Å². The smallest absolute Gasteiger partial charge is 0.118 e. The molecule has 3 nitrogen and oxygen atoms in total. The summed E-state index contributed by atoms with van der Waals surface area (Å²) in [4.78, 5) is 2.05. The summed E-state index contributed by atoms with van der Waals surface area (Å²) in [6.45, 7) is 0.812. The Hall–Kier alpha value is -1.27. The summed E-state index contributed by atoms with van der Waals surface area (Å²) in [7, 11) is 3.99. The van der Waals surface area contributed by atoms with Crippen LogP contribution < -0.4 is 0 Å². The first-order valence-corrected chi connectivity index (χ1v) is 4.31. The van der Waals surface area contributed by atoms with Gasteiger partial charge in [-0.05, 0) is 26.2 Å². The van der Waals surface area contributed by atoms with Crippen LogP contribution in [0.4, 0.5) is 0 Å². The predicted molar refractivity (Wildman–Crippen MR) is 50.0 cm³/mol. The van der Waals surface area contributed by atoms with E-state index in [2.05, 4.69) is 6.07 Å². The molecule has 0 aliphatic carbocycles. The summed E-state index contributed by atoms with van der Waals surface area (Å²) in [6, 6.07) is 6.00. The summed E-state index contributed by atoms with van der Waals surface area (Å²) in [5, 5.41) is 8.38. The topological polar surface area (TPSA) is 40.2 Å². The van der Waals surface area contributed by atoms with Crippen LogP contribution in [0, 0.1) is 11.3 Å². The first-order chi connectivity index (χ1) is 6.22. The van der Waals surface area contributed by atoms with Crippen LogP contribution in [0.25, 0.3) is 0 Å². The van der Waals surface area contributed by atoms with E-state index in [1.807, 2.05) is 31.1 Å². The third-order valence-electron chi connectivity index (χ3n) is 1.67. The van der Waals surface area contributed by atoms with Gasteiger partial charge in [0.2, 0.25) is 0 Å². The van der Waals surface area contributed by atoms with E-state index in [0.29, 0.717) is 12.8 Å². The van der Waals surface area contributed by atoms with Crippen molar-refractivity contribution < 1.29 is 4.42 Å². The zero-order valence-corrected chi connectivity index (χ0v) is 8.08. The summed E-state index contributed by atoms with van der Waals surface area (Å²) in [5.74, 6) is 1.86. The third-order valence-corrected chi connectivity index (χ3v) is 1.67. The predicted octanol–water partition coefficient (Wildman–Crippen LogP) is 1.80. The van der Waals surface area contributed by atoms with E-state index in [9.17, 15) is 0 Å². The van der Waals surface area contributed by atoms with E-state index in [4.69, 9.17) is 9.68 Å². The number of aryl methyl sites for hydroxylation is 1. The van der Waals surface area contributed by atoms with Gasteiger partial charge in [-0.15, -0.1) is 0 Å². The van der Waals surface area contributed by atoms with Crippen molar-refractivity contribution in [1.82, 2.24) is 4.90 Å². The molecule has 0 aromatic carbocycles. The van der Waals surface area contributed by atoms with Gasteiger partial charge < -0.3 is 9.32 Å². The minimum Gasteiger partial charge on any atom is -0.465 e. The van der Waals surface area contributed by atoms with Gasteiger partial charge in [-0.1, -0.05) is 0 Å². The fourth-order valence-corrected chi connectivity index (χ4v) is 1.13. The van der Waals surface area contributed by atoms with Gasteiger partial charge in [0.05, 0.1) is 12.6 Å². The highest BCUT2D eigenvalue weighted by atomic mass is 16.3. The van der Waals surface area contributed by atoms with Crippen LogP contribution in [0.2, 0.25) is 0 Å². The van der Waals surface area contributed by atoms with Crippen molar-refractivity contribution in [3.8, 4) is 6.07 Å². The fourth-order valence-electron chi connectivity index (χ4n) is 1.13. The number of hydrogen-bond acceptors (Lipinski definition) is 3. The molecule has 13 heavy (non-hydrogen) atoms. The molecule has 0 aliphatic heterocycles. The van der Waals surface area contributed by atoms with Crippen molar-refractivity contribution in [2.24, 2.45) is 0 Å². The first-order valence-electron chi connectivity index (χ1n) is 4.31. The first kappa shape index (κ1) is 9.82. The van der Waals surface area contributed by atoms with Crippen LogP contribution in [0.5, 0.6) is 0 Å². The highest BCUT2D eigenvalue weighted by Crippen LogP contribution is 2.10. The second kappa shape index (κ2) is 4.68. The van der Waals surface area contributed by atoms with Crippen molar-refractivity contribution in [1.29, 1.82) is 5.26 Å². The molecule has 0 fully saturated rings. The lowest BCUT2D eigenvalue weighted by molar-refractivity contribution is 0.342. The maximum atomic E-state index is 8.38. The second-order valence-corrected chi connectivity index (χ2v) is 3.26. The molecule has 0 spiro atoms. The summed E-state index contributed by atoms with van der Waals surface area (Å²) in [5.41, 5.74) is 0. The number of rotatable bonds is 4. The SMILES string of the molecule is CN(C)Cc1ccc(CCC#N)o1. The zero-order valence-electron chi connectivity index (χ0n) is 8.08. The molecule has 3 heteroatoms. The molecule has 0 N–H and O–H groups in total. The van der Waals surface area contributed by atoms with Crippen LogP contribution in [0.1, 0.15) is 17.9 Å². The standard InChI is InChI=1S/C10H14N2O/c1-12(2)8-10-6-5-9(13-10)4-3-7-11/h5-6H,3-4,8H2,1-2H3. The summed E-state index contributed by atoms with van der Waals surface area (Å²) in [6.07, 6.45) is 1.23. The summed E-state index contributed by atoms with van der Waals surface area (Å²) >= 11 is 0. The lowest BCUT2D eigenvalue weighted by Crippen LogP contribution is -2.09. The Bertz CT molecular complexity index is 296. The van der Waals surface area contributed by atoms with Crippen LogP contribution in [-0.4, -0.2) is 19.0 Å². The van der Waals surface area contributed by atoms with Crippen molar-refractivity contribution in [2.45, 2.75) is 19.4 Å². The molecule has 1 aromatic rings. The highest BCUT2D eigenvalue weighted by Gasteiger charge is 2.02. The molecule has 0 aliphatic rings. The zero-order chi connectivity index (χ0) is 9.68. The largest absolute Gasteiger partial charge is 0.465 e. The maximum absolute atomic E-state index is 8.38. The molecule has 70 valence electrons. The molecule has 0 amide bonds. The molecule has 0 radical (unpaired) electrons. The number of nitriles is 1. The van der Waals surface area contributed by atoms with Gasteiger partial charge in [0.25, 0.3) is 0 Å². The molecule has 1 heterocycles. The minimum absolute atomic E-state index is 0.523. The van der Waals surface area contributed by atoms with Gasteiger partial charge in [0.1, 0.15) is 11.5 Å². The molecule has 0 bridgehead atoms. The van der Waals surface area contributed by atoms with Crippen LogP contribution in [-0.2, 0) is 13.0 Å². The Morgan fingerprint density at radius 3 is 2.69 bits per heavy atom. The number of nitrogens with zero attached hydrogens (tertiary/aromatic N) is 2. The summed E-state index contributed by atoms with van der Waals surface area (Å²) < 4.78 is 5.50.